The summed E-state index contributed by atoms with van der Waals surface area (Å²) < 4.78 is 0. The average Bonchev–Trinajstić information content (AvgIpc) is 2.33. The first-order valence-corrected chi connectivity index (χ1v) is 4.01. The molecular weight excluding hydrogens is 130 g/mol. The van der Waals surface area contributed by atoms with E-state index in [9.17, 15) is 0 Å². The topological polar surface area (TPSA) is 12.0 Å². The molecule has 0 amide bonds. The highest BCUT2D eigenvalue weighted by atomic mass is 32.1. The molecule has 0 saturated carbocycles. The predicted molar refractivity (Wildman–Crippen MR) is 40.0 cm³/mol. The van der Waals surface area contributed by atoms with Crippen molar-refractivity contribution >= 4 is 16.3 Å². The Morgan fingerprint density at radius 2 is 2.67 bits per heavy atom. The molecular formula is C7H8NS. The normalized spacial score (nSPS) is 16.4. The Morgan fingerprint density at radius 1 is 1.67 bits per heavy atom. The van der Waals surface area contributed by atoms with E-state index < -0.39 is 0 Å². The minimum absolute atomic E-state index is 1.14. The maximum Gasteiger partial charge on any atom is 0.0921 e. The monoisotopic (exact) mass is 138 g/mol. The molecule has 0 aromatic carbocycles. The Hall–Kier alpha value is -0.500. The van der Waals surface area contributed by atoms with Gasteiger partial charge in [0.05, 0.1) is 5.00 Å². The standard InChI is InChI=1S/C7H8NS/c1-2-6-3-5-9-7(6)8-4-1/h3,8H,1-2,4H2. The number of thiophene rings is 1. The Balaban J connectivity index is 2.39. The molecule has 0 aliphatic carbocycles. The van der Waals surface area contributed by atoms with Gasteiger partial charge in [0.1, 0.15) is 0 Å². The number of hydrogen-bond donors (Lipinski definition) is 1. The molecule has 0 atom stereocenters. The fourth-order valence-corrected chi connectivity index (χ4v) is 1.89. The van der Waals surface area contributed by atoms with Gasteiger partial charge in [0.15, 0.2) is 0 Å². The summed E-state index contributed by atoms with van der Waals surface area (Å²) in [6, 6.07) is 2.09. The van der Waals surface area contributed by atoms with Crippen molar-refractivity contribution in [3.05, 3.63) is 17.0 Å². The first-order valence-electron chi connectivity index (χ1n) is 3.19. The van der Waals surface area contributed by atoms with Gasteiger partial charge in [0, 0.05) is 11.9 Å². The van der Waals surface area contributed by atoms with E-state index in [0.717, 1.165) is 6.54 Å². The molecule has 1 radical (unpaired) electrons. The van der Waals surface area contributed by atoms with Gasteiger partial charge in [0.25, 0.3) is 0 Å². The van der Waals surface area contributed by atoms with Gasteiger partial charge < -0.3 is 5.32 Å². The van der Waals surface area contributed by atoms with Crippen LogP contribution in [-0.2, 0) is 6.42 Å². The lowest BCUT2D eigenvalue weighted by Gasteiger charge is -2.11. The van der Waals surface area contributed by atoms with Gasteiger partial charge in [-0.1, -0.05) is 0 Å². The summed E-state index contributed by atoms with van der Waals surface area (Å²) in [6.07, 6.45) is 2.51. The number of aryl methyl sites for hydroxylation is 1. The average molecular weight is 138 g/mol. The van der Waals surface area contributed by atoms with E-state index in [1.54, 1.807) is 11.3 Å². The van der Waals surface area contributed by atoms with Crippen molar-refractivity contribution in [3.8, 4) is 0 Å². The largest absolute Gasteiger partial charge is 0.377 e. The molecule has 0 spiro atoms. The number of rotatable bonds is 0. The molecule has 2 heterocycles. The SMILES string of the molecule is [c]1cc2c(s1)NCCC2. The molecule has 47 valence electrons. The van der Waals surface area contributed by atoms with Crippen LogP contribution in [0, 0.1) is 5.38 Å². The molecule has 2 rings (SSSR count). The highest BCUT2D eigenvalue weighted by Gasteiger charge is 2.07. The maximum atomic E-state index is 3.33. The molecule has 1 aromatic rings. The molecule has 0 saturated heterocycles. The minimum Gasteiger partial charge on any atom is -0.377 e. The number of hydrogen-bond acceptors (Lipinski definition) is 2. The molecule has 1 N–H and O–H groups in total. The van der Waals surface area contributed by atoms with Crippen LogP contribution in [0.15, 0.2) is 6.07 Å². The third-order valence-corrected chi connectivity index (χ3v) is 2.44. The van der Waals surface area contributed by atoms with Gasteiger partial charge in [-0.05, 0) is 24.5 Å². The Labute approximate surface area is 58.7 Å². The molecule has 1 nitrogen and oxygen atoms in total. The Morgan fingerprint density at radius 3 is 3.56 bits per heavy atom. The van der Waals surface area contributed by atoms with Crippen LogP contribution in [0.4, 0.5) is 5.00 Å². The van der Waals surface area contributed by atoms with E-state index >= 15 is 0 Å². The third-order valence-electron chi connectivity index (χ3n) is 1.59. The van der Waals surface area contributed by atoms with E-state index in [-0.39, 0.29) is 0 Å². The van der Waals surface area contributed by atoms with Gasteiger partial charge >= 0.3 is 0 Å². The second kappa shape index (κ2) is 2.03. The zero-order chi connectivity index (χ0) is 6.10. The molecule has 1 aliphatic rings. The van der Waals surface area contributed by atoms with Crippen molar-refractivity contribution in [2.24, 2.45) is 0 Å². The van der Waals surface area contributed by atoms with Crippen molar-refractivity contribution in [1.82, 2.24) is 0 Å². The summed E-state index contributed by atoms with van der Waals surface area (Å²) in [6.45, 7) is 1.14. The summed E-state index contributed by atoms with van der Waals surface area (Å²) in [5.41, 5.74) is 1.45. The van der Waals surface area contributed by atoms with Gasteiger partial charge in [0.2, 0.25) is 0 Å². The van der Waals surface area contributed by atoms with Crippen LogP contribution in [0.5, 0.6) is 0 Å². The Kier molecular flexibility index (Phi) is 1.19. The fraction of sp³-hybridized carbons (Fsp3) is 0.429. The van der Waals surface area contributed by atoms with E-state index in [4.69, 9.17) is 0 Å². The number of anilines is 1. The van der Waals surface area contributed by atoms with Gasteiger partial charge in [-0.15, -0.1) is 11.3 Å². The van der Waals surface area contributed by atoms with Gasteiger partial charge in [-0.3, -0.25) is 0 Å². The smallest absolute Gasteiger partial charge is 0.0921 e. The van der Waals surface area contributed by atoms with Crippen molar-refractivity contribution in [3.63, 3.8) is 0 Å². The highest BCUT2D eigenvalue weighted by molar-refractivity contribution is 7.13. The fourth-order valence-electron chi connectivity index (χ4n) is 1.11. The lowest BCUT2D eigenvalue weighted by molar-refractivity contribution is 0.838. The summed E-state index contributed by atoms with van der Waals surface area (Å²) in [7, 11) is 0. The van der Waals surface area contributed by atoms with Crippen LogP contribution >= 0.6 is 11.3 Å². The highest BCUT2D eigenvalue weighted by Crippen LogP contribution is 2.26. The van der Waals surface area contributed by atoms with Gasteiger partial charge in [-0.25, -0.2) is 0 Å². The molecule has 2 heteroatoms. The second-order valence-corrected chi connectivity index (χ2v) is 3.10. The zero-order valence-corrected chi connectivity index (χ0v) is 5.92. The predicted octanol–water partition coefficient (Wildman–Crippen LogP) is 1.91. The summed E-state index contributed by atoms with van der Waals surface area (Å²) in [5, 5.41) is 7.78. The van der Waals surface area contributed by atoms with E-state index in [1.165, 1.54) is 23.4 Å². The molecule has 9 heavy (non-hydrogen) atoms. The van der Waals surface area contributed by atoms with Crippen LogP contribution in [0.2, 0.25) is 0 Å². The van der Waals surface area contributed by atoms with Crippen molar-refractivity contribution in [2.45, 2.75) is 12.8 Å². The molecule has 1 aromatic heterocycles. The maximum absolute atomic E-state index is 3.33. The molecule has 0 fully saturated rings. The third kappa shape index (κ3) is 0.833. The molecule has 1 aliphatic heterocycles. The summed E-state index contributed by atoms with van der Waals surface area (Å²) >= 11 is 1.69. The van der Waals surface area contributed by atoms with Crippen molar-refractivity contribution in [2.75, 3.05) is 11.9 Å². The van der Waals surface area contributed by atoms with E-state index in [2.05, 4.69) is 16.8 Å². The quantitative estimate of drug-likeness (QED) is 0.577. The summed E-state index contributed by atoms with van der Waals surface area (Å²) in [4.78, 5) is 0. The first-order chi connectivity index (χ1) is 4.47. The van der Waals surface area contributed by atoms with E-state index in [0.29, 0.717) is 0 Å². The van der Waals surface area contributed by atoms with Crippen LogP contribution in [0.1, 0.15) is 12.0 Å². The first kappa shape index (κ1) is 5.30. The Bertz CT molecular complexity index is 184. The number of nitrogens with one attached hydrogen (secondary N) is 1. The lowest BCUT2D eigenvalue weighted by atomic mass is 10.1. The molecule has 0 unspecified atom stereocenters. The molecule has 0 bridgehead atoms. The van der Waals surface area contributed by atoms with Crippen molar-refractivity contribution in [1.29, 1.82) is 0 Å². The van der Waals surface area contributed by atoms with Crippen LogP contribution in [-0.4, -0.2) is 6.54 Å². The minimum atomic E-state index is 1.14. The van der Waals surface area contributed by atoms with Crippen molar-refractivity contribution < 1.29 is 0 Å². The zero-order valence-electron chi connectivity index (χ0n) is 5.11. The van der Waals surface area contributed by atoms with Crippen LogP contribution < -0.4 is 5.32 Å². The lowest BCUT2D eigenvalue weighted by Crippen LogP contribution is -2.08. The number of fused-ring (bicyclic) bond motifs is 1. The van der Waals surface area contributed by atoms with Crippen LogP contribution in [0.3, 0.4) is 0 Å². The summed E-state index contributed by atoms with van der Waals surface area (Å²) in [5.74, 6) is 0. The van der Waals surface area contributed by atoms with Gasteiger partial charge in [-0.2, -0.15) is 0 Å². The van der Waals surface area contributed by atoms with E-state index in [1.807, 2.05) is 0 Å². The van der Waals surface area contributed by atoms with Crippen LogP contribution in [0.25, 0.3) is 0 Å². The second-order valence-electron chi connectivity index (χ2n) is 2.25.